The zero-order valence-electron chi connectivity index (χ0n) is 14.5. The maximum atomic E-state index is 12.1. The van der Waals surface area contributed by atoms with E-state index in [1.807, 2.05) is 47.8 Å². The number of benzene rings is 1. The molecule has 2 aromatic rings. The number of para-hydroxylation sites is 1. The molecule has 0 bridgehead atoms. The van der Waals surface area contributed by atoms with Crippen LogP contribution in [0.4, 0.5) is 0 Å². The SMILES string of the molecule is Cc1cc(C(=O)NNC(=O)COc2ccccc2C2SCCS2)c(C)o1. The molecule has 2 N–H and O–H groups in total. The third kappa shape index (κ3) is 4.56. The van der Waals surface area contributed by atoms with E-state index in [0.717, 1.165) is 17.1 Å². The topological polar surface area (TPSA) is 80.6 Å². The fraction of sp³-hybridized carbons (Fsp3) is 0.333. The highest BCUT2D eigenvalue weighted by Crippen LogP contribution is 2.48. The minimum absolute atomic E-state index is 0.178. The quantitative estimate of drug-likeness (QED) is 0.761. The van der Waals surface area contributed by atoms with E-state index in [1.54, 1.807) is 19.9 Å². The van der Waals surface area contributed by atoms with E-state index in [0.29, 0.717) is 27.4 Å². The number of amides is 2. The summed E-state index contributed by atoms with van der Waals surface area (Å²) < 4.78 is 11.3. The van der Waals surface area contributed by atoms with Gasteiger partial charge < -0.3 is 9.15 Å². The van der Waals surface area contributed by atoms with Gasteiger partial charge in [0, 0.05) is 17.1 Å². The van der Waals surface area contributed by atoms with Crippen molar-refractivity contribution in [2.75, 3.05) is 18.1 Å². The van der Waals surface area contributed by atoms with Crippen LogP contribution in [-0.2, 0) is 4.79 Å². The van der Waals surface area contributed by atoms with Crippen LogP contribution in [-0.4, -0.2) is 29.9 Å². The average Bonchev–Trinajstić information content (AvgIpc) is 3.27. The summed E-state index contributed by atoms with van der Waals surface area (Å²) in [6, 6.07) is 9.36. The Balaban J connectivity index is 1.52. The number of thioether (sulfide) groups is 2. The number of hydrogen-bond acceptors (Lipinski definition) is 6. The lowest BCUT2D eigenvalue weighted by atomic mass is 10.2. The Morgan fingerprint density at radius 1 is 1.19 bits per heavy atom. The number of ether oxygens (including phenoxy) is 1. The molecule has 0 spiro atoms. The number of carbonyl (C=O) groups is 2. The largest absolute Gasteiger partial charge is 0.483 e. The Hall–Kier alpha value is -2.06. The molecule has 138 valence electrons. The van der Waals surface area contributed by atoms with Gasteiger partial charge in [-0.15, -0.1) is 23.5 Å². The Morgan fingerprint density at radius 3 is 2.62 bits per heavy atom. The van der Waals surface area contributed by atoms with Gasteiger partial charge in [0.2, 0.25) is 0 Å². The highest BCUT2D eigenvalue weighted by atomic mass is 32.2. The van der Waals surface area contributed by atoms with Crippen LogP contribution in [0.5, 0.6) is 5.75 Å². The molecule has 26 heavy (non-hydrogen) atoms. The van der Waals surface area contributed by atoms with Crippen molar-refractivity contribution < 1.29 is 18.7 Å². The lowest BCUT2D eigenvalue weighted by Crippen LogP contribution is -2.43. The molecule has 0 atom stereocenters. The monoisotopic (exact) mass is 392 g/mol. The number of furan rings is 1. The lowest BCUT2D eigenvalue weighted by Gasteiger charge is -2.15. The Bertz CT molecular complexity index is 800. The second kappa shape index (κ2) is 8.55. The summed E-state index contributed by atoms with van der Waals surface area (Å²) >= 11 is 3.75. The number of hydrazine groups is 1. The summed E-state index contributed by atoms with van der Waals surface area (Å²) in [7, 11) is 0. The van der Waals surface area contributed by atoms with Gasteiger partial charge in [0.25, 0.3) is 11.8 Å². The van der Waals surface area contributed by atoms with Crippen LogP contribution >= 0.6 is 23.5 Å². The van der Waals surface area contributed by atoms with Gasteiger partial charge >= 0.3 is 0 Å². The maximum Gasteiger partial charge on any atom is 0.276 e. The summed E-state index contributed by atoms with van der Waals surface area (Å²) in [6.45, 7) is 3.28. The standard InChI is InChI=1S/C18H20N2O4S2/c1-11-9-14(12(2)24-11)17(22)20-19-16(21)10-23-15-6-4-3-5-13(15)18-25-7-8-26-18/h3-6,9,18H,7-8,10H2,1-2H3,(H,19,21)(H,20,22). The number of aryl methyl sites for hydroxylation is 2. The summed E-state index contributed by atoms with van der Waals surface area (Å²) in [6.07, 6.45) is 0. The molecule has 6 nitrogen and oxygen atoms in total. The van der Waals surface area contributed by atoms with Gasteiger partial charge in [-0.2, -0.15) is 0 Å². The second-order valence-corrected chi connectivity index (χ2v) is 8.45. The molecular weight excluding hydrogens is 372 g/mol. The van der Waals surface area contributed by atoms with E-state index in [4.69, 9.17) is 9.15 Å². The molecule has 1 fully saturated rings. The van der Waals surface area contributed by atoms with Gasteiger partial charge in [0.1, 0.15) is 17.3 Å². The van der Waals surface area contributed by atoms with Crippen LogP contribution in [0.1, 0.15) is 32.0 Å². The van der Waals surface area contributed by atoms with Gasteiger partial charge in [-0.05, 0) is 26.0 Å². The molecule has 2 amide bonds. The van der Waals surface area contributed by atoms with E-state index < -0.39 is 11.8 Å². The third-order valence-electron chi connectivity index (χ3n) is 3.75. The van der Waals surface area contributed by atoms with E-state index in [2.05, 4.69) is 10.9 Å². The Labute approximate surface area is 160 Å². The van der Waals surface area contributed by atoms with Crippen LogP contribution in [0.2, 0.25) is 0 Å². The maximum absolute atomic E-state index is 12.1. The van der Waals surface area contributed by atoms with Crippen LogP contribution < -0.4 is 15.6 Å². The summed E-state index contributed by atoms with van der Waals surface area (Å²) in [5.41, 5.74) is 6.21. The predicted octanol–water partition coefficient (Wildman–Crippen LogP) is 3.22. The van der Waals surface area contributed by atoms with E-state index in [-0.39, 0.29) is 6.61 Å². The highest BCUT2D eigenvalue weighted by molar-refractivity contribution is 8.19. The first kappa shape index (κ1) is 18.7. The van der Waals surface area contributed by atoms with Gasteiger partial charge in [0.15, 0.2) is 6.61 Å². The van der Waals surface area contributed by atoms with Gasteiger partial charge in [0.05, 0.1) is 10.1 Å². The molecular formula is C18H20N2O4S2. The zero-order valence-corrected chi connectivity index (χ0v) is 16.2. The van der Waals surface area contributed by atoms with E-state index >= 15 is 0 Å². The fourth-order valence-corrected chi connectivity index (χ4v) is 5.48. The fourth-order valence-electron chi connectivity index (χ4n) is 2.57. The van der Waals surface area contributed by atoms with E-state index in [1.165, 1.54) is 0 Å². The molecule has 0 saturated carbocycles. The van der Waals surface area contributed by atoms with Crippen molar-refractivity contribution in [2.45, 2.75) is 18.4 Å². The van der Waals surface area contributed by atoms with Crippen molar-refractivity contribution in [3.05, 3.63) is 53.0 Å². The summed E-state index contributed by atoms with van der Waals surface area (Å²) in [4.78, 5) is 24.0. The molecule has 1 aliphatic heterocycles. The first-order valence-electron chi connectivity index (χ1n) is 8.15. The second-order valence-electron chi connectivity index (χ2n) is 5.73. The third-order valence-corrected chi connectivity index (χ3v) is 6.82. The van der Waals surface area contributed by atoms with Crippen LogP contribution in [0.15, 0.2) is 34.7 Å². The van der Waals surface area contributed by atoms with Crippen LogP contribution in [0, 0.1) is 13.8 Å². The minimum Gasteiger partial charge on any atom is -0.483 e. The van der Waals surface area contributed by atoms with E-state index in [9.17, 15) is 9.59 Å². The first-order valence-corrected chi connectivity index (χ1v) is 10.3. The van der Waals surface area contributed by atoms with Gasteiger partial charge in [-0.3, -0.25) is 20.4 Å². The van der Waals surface area contributed by atoms with Gasteiger partial charge in [-0.1, -0.05) is 18.2 Å². The molecule has 0 unspecified atom stereocenters. The van der Waals surface area contributed by atoms with Crippen molar-refractivity contribution in [1.82, 2.24) is 10.9 Å². The Morgan fingerprint density at radius 2 is 1.92 bits per heavy atom. The molecule has 1 aliphatic rings. The van der Waals surface area contributed by atoms with Crippen LogP contribution in [0.3, 0.4) is 0 Å². The zero-order chi connectivity index (χ0) is 18.5. The molecule has 1 aromatic heterocycles. The summed E-state index contributed by atoms with van der Waals surface area (Å²) in [5, 5.41) is 0. The average molecular weight is 393 g/mol. The highest BCUT2D eigenvalue weighted by Gasteiger charge is 2.22. The number of carbonyl (C=O) groups excluding carboxylic acids is 2. The molecule has 0 radical (unpaired) electrons. The van der Waals surface area contributed by atoms with Crippen molar-refractivity contribution in [1.29, 1.82) is 0 Å². The molecule has 0 aliphatic carbocycles. The van der Waals surface area contributed by atoms with Crippen molar-refractivity contribution in [3.8, 4) is 5.75 Å². The molecule has 2 heterocycles. The lowest BCUT2D eigenvalue weighted by molar-refractivity contribution is -0.123. The first-order chi connectivity index (χ1) is 12.5. The summed E-state index contributed by atoms with van der Waals surface area (Å²) in [5.74, 6) is 3.21. The number of nitrogens with one attached hydrogen (secondary N) is 2. The Kier molecular flexibility index (Phi) is 6.16. The van der Waals surface area contributed by atoms with Crippen molar-refractivity contribution in [3.63, 3.8) is 0 Å². The van der Waals surface area contributed by atoms with Crippen molar-refractivity contribution >= 4 is 35.3 Å². The number of hydrogen-bond donors (Lipinski definition) is 2. The predicted molar refractivity (Wildman–Crippen MR) is 103 cm³/mol. The number of rotatable bonds is 5. The molecule has 1 saturated heterocycles. The molecule has 3 rings (SSSR count). The van der Waals surface area contributed by atoms with Gasteiger partial charge in [-0.25, -0.2) is 0 Å². The molecule has 8 heteroatoms. The smallest absolute Gasteiger partial charge is 0.276 e. The normalized spacial score (nSPS) is 14.2. The minimum atomic E-state index is -0.433. The van der Waals surface area contributed by atoms with Crippen LogP contribution in [0.25, 0.3) is 0 Å². The van der Waals surface area contributed by atoms with Crippen molar-refractivity contribution in [2.24, 2.45) is 0 Å². The molecule has 1 aromatic carbocycles.